The second-order valence-corrected chi connectivity index (χ2v) is 4.04. The molecule has 2 aromatic carbocycles. The first-order valence-corrected chi connectivity index (χ1v) is 5.71. The van der Waals surface area contributed by atoms with Gasteiger partial charge in [0.15, 0.2) is 0 Å². The molecule has 20 heavy (non-hydrogen) atoms. The number of ether oxygens (including phenoxy) is 1. The summed E-state index contributed by atoms with van der Waals surface area (Å²) in [6.45, 7) is 0. The van der Waals surface area contributed by atoms with E-state index < -0.39 is 17.5 Å². The van der Waals surface area contributed by atoms with Crippen LogP contribution in [0.2, 0.25) is 0 Å². The number of hydrogen-bond acceptors (Lipinski definition) is 3. The van der Waals surface area contributed by atoms with Crippen LogP contribution in [0.15, 0.2) is 36.4 Å². The maximum absolute atomic E-state index is 13.6. The predicted octanol–water partition coefficient (Wildman–Crippen LogP) is 2.81. The number of nitrogens with two attached hydrogens (primary N) is 1. The quantitative estimate of drug-likeness (QED) is 0.848. The summed E-state index contributed by atoms with van der Waals surface area (Å²) in [6, 6.07) is 7.47. The van der Waals surface area contributed by atoms with Crippen molar-refractivity contribution in [3.05, 3.63) is 53.6 Å². The zero-order chi connectivity index (χ0) is 14.7. The van der Waals surface area contributed by atoms with Gasteiger partial charge < -0.3 is 15.8 Å². The van der Waals surface area contributed by atoms with Crippen LogP contribution in [0.5, 0.6) is 5.75 Å². The highest BCUT2D eigenvalue weighted by Gasteiger charge is 2.11. The van der Waals surface area contributed by atoms with Gasteiger partial charge in [0.1, 0.15) is 17.4 Å². The summed E-state index contributed by atoms with van der Waals surface area (Å²) in [6.07, 6.45) is 0. The second kappa shape index (κ2) is 5.56. The van der Waals surface area contributed by atoms with Gasteiger partial charge in [-0.05, 0) is 30.3 Å². The molecular weight excluding hydrogens is 266 g/mol. The van der Waals surface area contributed by atoms with Crippen molar-refractivity contribution < 1.29 is 18.3 Å². The monoisotopic (exact) mass is 278 g/mol. The molecule has 0 radical (unpaired) electrons. The fraction of sp³-hybridized carbons (Fsp3) is 0.0714. The average Bonchev–Trinajstić information content (AvgIpc) is 2.44. The lowest BCUT2D eigenvalue weighted by Gasteiger charge is -2.09. The molecule has 0 heterocycles. The largest absolute Gasteiger partial charge is 0.497 e. The summed E-state index contributed by atoms with van der Waals surface area (Å²) >= 11 is 0. The number of benzene rings is 2. The minimum absolute atomic E-state index is 0.0303. The Hall–Kier alpha value is -2.63. The third-order valence-electron chi connectivity index (χ3n) is 2.68. The minimum Gasteiger partial charge on any atom is -0.497 e. The molecule has 0 aromatic heterocycles. The Morgan fingerprint density at radius 1 is 1.15 bits per heavy atom. The van der Waals surface area contributed by atoms with Crippen molar-refractivity contribution in [1.29, 1.82) is 0 Å². The van der Waals surface area contributed by atoms with Gasteiger partial charge in [0.05, 0.1) is 18.5 Å². The summed E-state index contributed by atoms with van der Waals surface area (Å²) in [5.74, 6) is -1.41. The summed E-state index contributed by atoms with van der Waals surface area (Å²) in [5, 5.41) is 2.38. The lowest BCUT2D eigenvalue weighted by atomic mass is 10.1. The van der Waals surface area contributed by atoms with Crippen LogP contribution in [0.4, 0.5) is 20.2 Å². The van der Waals surface area contributed by atoms with Crippen LogP contribution in [-0.4, -0.2) is 13.0 Å². The van der Waals surface area contributed by atoms with E-state index in [0.29, 0.717) is 5.75 Å². The van der Waals surface area contributed by atoms with Gasteiger partial charge in [0.2, 0.25) is 0 Å². The lowest BCUT2D eigenvalue weighted by molar-refractivity contribution is 0.102. The van der Waals surface area contributed by atoms with E-state index in [2.05, 4.69) is 5.32 Å². The number of amides is 1. The number of nitrogen functional groups attached to an aromatic ring is 1. The number of nitrogens with one attached hydrogen (secondary N) is 1. The molecule has 0 bridgehead atoms. The van der Waals surface area contributed by atoms with Crippen LogP contribution in [0.1, 0.15) is 10.4 Å². The molecule has 6 heteroatoms. The summed E-state index contributed by atoms with van der Waals surface area (Å²) in [4.78, 5) is 11.9. The number of rotatable bonds is 3. The third kappa shape index (κ3) is 2.85. The molecule has 0 atom stereocenters. The Kier molecular flexibility index (Phi) is 3.84. The number of anilines is 2. The highest BCUT2D eigenvalue weighted by atomic mass is 19.1. The topological polar surface area (TPSA) is 64.3 Å². The van der Waals surface area contributed by atoms with Crippen molar-refractivity contribution in [2.45, 2.75) is 0 Å². The van der Waals surface area contributed by atoms with E-state index in [1.807, 2.05) is 0 Å². The molecule has 0 aliphatic rings. The van der Waals surface area contributed by atoms with Gasteiger partial charge in [-0.25, -0.2) is 8.78 Å². The molecule has 4 nitrogen and oxygen atoms in total. The molecule has 0 unspecified atom stereocenters. The summed E-state index contributed by atoms with van der Waals surface area (Å²) < 4.78 is 31.5. The van der Waals surface area contributed by atoms with Gasteiger partial charge in [-0.1, -0.05) is 0 Å². The first-order chi connectivity index (χ1) is 9.51. The summed E-state index contributed by atoms with van der Waals surface area (Å²) in [7, 11) is 1.43. The minimum atomic E-state index is -0.617. The zero-order valence-electron chi connectivity index (χ0n) is 10.6. The number of hydrogen-bond donors (Lipinski definition) is 2. The first kappa shape index (κ1) is 13.8. The standard InChI is InChI=1S/C14H12F2N2O2/c1-20-9-3-5-11(16)13(7-9)18-14(19)8-2-4-10(15)12(17)6-8/h2-7H,17H2,1H3,(H,18,19). The van der Waals surface area contributed by atoms with Gasteiger partial charge in [-0.15, -0.1) is 0 Å². The Balaban J connectivity index is 2.25. The number of carbonyl (C=O) groups is 1. The normalized spacial score (nSPS) is 10.2. The molecule has 2 rings (SSSR count). The fourth-order valence-electron chi connectivity index (χ4n) is 1.61. The Bertz CT molecular complexity index is 660. The van der Waals surface area contributed by atoms with E-state index in [9.17, 15) is 13.6 Å². The van der Waals surface area contributed by atoms with Crippen molar-refractivity contribution in [1.82, 2.24) is 0 Å². The zero-order valence-corrected chi connectivity index (χ0v) is 10.6. The van der Waals surface area contributed by atoms with Crippen LogP contribution in [0, 0.1) is 11.6 Å². The molecule has 2 aromatic rings. The highest BCUT2D eigenvalue weighted by Crippen LogP contribution is 2.22. The molecule has 3 N–H and O–H groups in total. The van der Waals surface area contributed by atoms with Crippen LogP contribution in [-0.2, 0) is 0 Å². The predicted molar refractivity (Wildman–Crippen MR) is 71.7 cm³/mol. The molecule has 0 saturated carbocycles. The van der Waals surface area contributed by atoms with Crippen molar-refractivity contribution >= 4 is 17.3 Å². The Morgan fingerprint density at radius 2 is 1.85 bits per heavy atom. The Labute approximate surface area is 114 Å². The van der Waals surface area contributed by atoms with E-state index in [-0.39, 0.29) is 16.9 Å². The van der Waals surface area contributed by atoms with Gasteiger partial charge >= 0.3 is 0 Å². The molecule has 0 fully saturated rings. The highest BCUT2D eigenvalue weighted by molar-refractivity contribution is 6.04. The van der Waals surface area contributed by atoms with Gasteiger partial charge in [0.25, 0.3) is 5.91 Å². The summed E-state index contributed by atoms with van der Waals surface area (Å²) in [5.41, 5.74) is 5.33. The second-order valence-electron chi connectivity index (χ2n) is 4.04. The van der Waals surface area contributed by atoms with Crippen LogP contribution in [0.25, 0.3) is 0 Å². The van der Waals surface area contributed by atoms with Crippen molar-refractivity contribution in [2.75, 3.05) is 18.2 Å². The first-order valence-electron chi connectivity index (χ1n) is 5.71. The molecule has 0 aliphatic heterocycles. The maximum atomic E-state index is 13.6. The molecule has 1 amide bonds. The van der Waals surface area contributed by atoms with Crippen molar-refractivity contribution in [3.63, 3.8) is 0 Å². The molecule has 0 spiro atoms. The third-order valence-corrected chi connectivity index (χ3v) is 2.68. The number of carbonyl (C=O) groups excluding carboxylic acids is 1. The van der Waals surface area contributed by atoms with Crippen molar-refractivity contribution in [2.24, 2.45) is 0 Å². The van der Waals surface area contributed by atoms with E-state index in [4.69, 9.17) is 10.5 Å². The van der Waals surface area contributed by atoms with Gasteiger partial charge in [-0.2, -0.15) is 0 Å². The van der Waals surface area contributed by atoms with Gasteiger partial charge in [0, 0.05) is 11.6 Å². The van der Waals surface area contributed by atoms with Crippen molar-refractivity contribution in [3.8, 4) is 5.75 Å². The van der Waals surface area contributed by atoms with E-state index in [0.717, 1.165) is 6.07 Å². The van der Waals surface area contributed by atoms with E-state index >= 15 is 0 Å². The van der Waals surface area contributed by atoms with Gasteiger partial charge in [-0.3, -0.25) is 4.79 Å². The fourth-order valence-corrected chi connectivity index (χ4v) is 1.61. The lowest BCUT2D eigenvalue weighted by Crippen LogP contribution is -2.13. The average molecular weight is 278 g/mol. The molecule has 0 saturated heterocycles. The number of methoxy groups -OCH3 is 1. The molecule has 104 valence electrons. The number of halogens is 2. The van der Waals surface area contributed by atoms with Crippen LogP contribution < -0.4 is 15.8 Å². The Morgan fingerprint density at radius 3 is 2.50 bits per heavy atom. The SMILES string of the molecule is COc1ccc(F)c(NC(=O)c2ccc(F)c(N)c2)c1. The maximum Gasteiger partial charge on any atom is 0.255 e. The van der Waals surface area contributed by atoms with E-state index in [1.54, 1.807) is 0 Å². The van der Waals surface area contributed by atoms with Crippen LogP contribution >= 0.6 is 0 Å². The van der Waals surface area contributed by atoms with E-state index in [1.165, 1.54) is 37.4 Å². The molecule has 0 aliphatic carbocycles. The van der Waals surface area contributed by atoms with Crippen LogP contribution in [0.3, 0.4) is 0 Å². The smallest absolute Gasteiger partial charge is 0.255 e. The molecular formula is C14H12F2N2O2.